The lowest BCUT2D eigenvalue weighted by molar-refractivity contribution is 0.893. The number of hydrogen-bond donors (Lipinski definition) is 0. The second-order valence-electron chi connectivity index (χ2n) is 13.3. The molecule has 8 aromatic carbocycles. The third-order valence-corrected chi connectivity index (χ3v) is 11.3. The zero-order valence-corrected chi connectivity index (χ0v) is 30.1. The summed E-state index contributed by atoms with van der Waals surface area (Å²) < 4.78 is 146. The van der Waals surface area contributed by atoms with Gasteiger partial charge >= 0.3 is 0 Å². The topological polar surface area (TPSA) is 48.5 Å². The predicted molar refractivity (Wildman–Crippen MR) is 238 cm³/mol. The van der Waals surface area contributed by atoms with Crippen LogP contribution in [0.3, 0.4) is 0 Å². The molecule has 0 fully saturated rings. The number of nitrogens with zero attached hydrogens (tertiary/aromatic N) is 5. The Hall–Kier alpha value is -7.41. The first-order valence-corrected chi connectivity index (χ1v) is 18.6. The minimum atomic E-state index is -0.694. The Morgan fingerprint density at radius 3 is 1.39 bits per heavy atom. The van der Waals surface area contributed by atoms with E-state index < -0.39 is 109 Å². The summed E-state index contributed by atoms with van der Waals surface area (Å²) in [6.45, 7) is 0. The van der Waals surface area contributed by atoms with E-state index in [1.165, 1.54) is 15.5 Å². The summed E-state index contributed by atoms with van der Waals surface area (Å²) in [6.07, 6.45) is 0. The molecule has 0 aliphatic heterocycles. The second kappa shape index (κ2) is 12.6. The molecule has 5 nitrogen and oxygen atoms in total. The summed E-state index contributed by atoms with van der Waals surface area (Å²) in [5.74, 6) is -1.06. The van der Waals surface area contributed by atoms with E-state index in [1.807, 2.05) is 42.5 Å². The van der Waals surface area contributed by atoms with Crippen LogP contribution in [0.4, 0.5) is 0 Å². The first-order valence-electron chi connectivity index (χ1n) is 25.8. The minimum absolute atomic E-state index is 0.136. The summed E-state index contributed by atoms with van der Waals surface area (Å²) in [6, 6.07) is 19.3. The maximum absolute atomic E-state index is 9.19. The summed E-state index contributed by atoms with van der Waals surface area (Å²) in [5, 5.41) is 1.35. The van der Waals surface area contributed by atoms with Gasteiger partial charge in [-0.1, -0.05) is 145 Å². The number of rotatable bonds is 5. The van der Waals surface area contributed by atoms with Crippen molar-refractivity contribution in [3.63, 3.8) is 0 Å². The fourth-order valence-electron chi connectivity index (χ4n) is 7.52. The highest BCUT2D eigenvalue weighted by molar-refractivity contribution is 7.25. The van der Waals surface area contributed by atoms with Gasteiger partial charge in [0.05, 0.1) is 44.0 Å². The van der Waals surface area contributed by atoms with E-state index in [2.05, 4.69) is 30.3 Å². The zero-order chi connectivity index (χ0) is 51.4. The highest BCUT2D eigenvalue weighted by atomic mass is 32.1. The number of aromatic nitrogens is 5. The van der Waals surface area contributed by atoms with Gasteiger partial charge in [0, 0.05) is 47.3 Å². The molecular weight excluding hydrogens is 715 g/mol. The van der Waals surface area contributed by atoms with Crippen molar-refractivity contribution in [1.29, 1.82) is 0 Å². The fraction of sp³-hybridized carbons (Fsp3) is 0. The highest BCUT2D eigenvalue weighted by Crippen LogP contribution is 2.38. The van der Waals surface area contributed by atoms with Crippen LogP contribution in [0.25, 0.3) is 109 Å². The molecule has 12 aromatic rings. The van der Waals surface area contributed by atoms with E-state index in [-0.39, 0.29) is 49.4 Å². The van der Waals surface area contributed by atoms with E-state index in [9.17, 15) is 5.48 Å². The van der Waals surface area contributed by atoms with E-state index in [0.717, 1.165) is 30.5 Å². The summed E-state index contributed by atoms with van der Waals surface area (Å²) in [4.78, 5) is 14.5. The average molecular weight is 762 g/mol. The molecule has 0 amide bonds. The Kier molecular flexibility index (Phi) is 4.40. The van der Waals surface area contributed by atoms with Crippen LogP contribution >= 0.6 is 11.3 Å². The van der Waals surface area contributed by atoms with Crippen LogP contribution in [0.1, 0.15) is 21.9 Å². The first-order chi connectivity index (χ1) is 34.9. The largest absolute Gasteiger partial charge is 0.278 e. The minimum Gasteiger partial charge on any atom is -0.278 e. The molecule has 12 rings (SSSR count). The van der Waals surface area contributed by atoms with Crippen LogP contribution in [0.15, 0.2) is 188 Å². The molecule has 0 saturated heterocycles. The number of thiophene rings is 1. The Morgan fingerprint density at radius 1 is 0.368 bits per heavy atom. The van der Waals surface area contributed by atoms with Crippen molar-refractivity contribution in [1.82, 2.24) is 24.1 Å². The van der Waals surface area contributed by atoms with Crippen LogP contribution in [0.2, 0.25) is 0 Å². The molecule has 6 heteroatoms. The smallest absolute Gasteiger partial charge is 0.240 e. The van der Waals surface area contributed by atoms with Crippen LogP contribution in [0.5, 0.6) is 0 Å². The van der Waals surface area contributed by atoms with Gasteiger partial charge in [0.15, 0.2) is 5.82 Å². The van der Waals surface area contributed by atoms with Gasteiger partial charge in [0.25, 0.3) is 0 Å². The molecule has 0 saturated carbocycles. The fourth-order valence-corrected chi connectivity index (χ4v) is 8.67. The van der Waals surface area contributed by atoms with Gasteiger partial charge in [-0.2, -0.15) is 15.0 Å². The molecular formula is C51H31N5S. The molecule has 4 heterocycles. The zero-order valence-electron chi connectivity index (χ0n) is 45.3. The number of benzene rings is 8. The first kappa shape index (κ1) is 20.0. The predicted octanol–water partition coefficient (Wildman–Crippen LogP) is 13.4. The molecule has 266 valence electrons. The molecule has 0 atom stereocenters. The van der Waals surface area contributed by atoms with Gasteiger partial charge in [-0.15, -0.1) is 11.3 Å². The lowest BCUT2D eigenvalue weighted by atomic mass is 9.98. The van der Waals surface area contributed by atoms with Gasteiger partial charge in [0.1, 0.15) is 0 Å². The molecule has 0 spiro atoms. The van der Waals surface area contributed by atoms with Crippen LogP contribution in [-0.2, 0) is 0 Å². The van der Waals surface area contributed by atoms with Crippen molar-refractivity contribution in [2.75, 3.05) is 0 Å². The normalized spacial score (nSPS) is 15.8. The lowest BCUT2D eigenvalue weighted by Gasteiger charge is -2.13. The maximum atomic E-state index is 9.19. The van der Waals surface area contributed by atoms with Gasteiger partial charge in [0.2, 0.25) is 11.9 Å². The highest BCUT2D eigenvalue weighted by Gasteiger charge is 2.20. The van der Waals surface area contributed by atoms with Crippen molar-refractivity contribution in [2.45, 2.75) is 0 Å². The van der Waals surface area contributed by atoms with E-state index in [1.54, 1.807) is 29.5 Å². The van der Waals surface area contributed by atoms with E-state index in [4.69, 9.17) is 31.4 Å². The molecule has 0 N–H and O–H groups in total. The summed E-state index contributed by atoms with van der Waals surface area (Å²) >= 11 is 1.73. The number of hydrogen-bond acceptors (Lipinski definition) is 4. The third kappa shape index (κ3) is 5.04. The van der Waals surface area contributed by atoms with Crippen molar-refractivity contribution in [3.05, 3.63) is 188 Å². The average Bonchev–Trinajstić information content (AvgIpc) is 4.09. The molecule has 0 radical (unpaired) electrons. The van der Waals surface area contributed by atoms with Gasteiger partial charge in [-0.25, -0.2) is 0 Å². The van der Waals surface area contributed by atoms with Crippen LogP contribution < -0.4 is 0 Å². The Labute approximate surface area is 353 Å². The molecule has 4 aromatic heterocycles. The Morgan fingerprint density at radius 2 is 0.825 bits per heavy atom. The summed E-state index contributed by atoms with van der Waals surface area (Å²) in [5.41, 5.74) is 2.57. The molecule has 0 bridgehead atoms. The summed E-state index contributed by atoms with van der Waals surface area (Å²) in [7, 11) is 0. The third-order valence-electron chi connectivity index (χ3n) is 10.1. The van der Waals surface area contributed by atoms with Crippen molar-refractivity contribution in [2.24, 2.45) is 0 Å². The Bertz CT molecular complexity index is 4140. The van der Waals surface area contributed by atoms with Gasteiger partial charge < -0.3 is 0 Å². The monoisotopic (exact) mass is 761 g/mol. The maximum Gasteiger partial charge on any atom is 0.240 e. The standard InChI is InChI=1S/C51H31N5S/c1-6-19-43-37(14-1)38-15-2-7-20-44(38)55(43)50-52-49(53-51(54-50)56-45-21-8-3-16-39(45)40-17-4-9-22-46(40)56)36-13-11-12-34(30-36)32-24-26-33(27-25-32)35-28-29-42-41-18-5-10-23-47(41)57-48(42)31-35/h1-31H/i1D,2D,3D,4D,6D,7D,8D,9D,14D,15D,16D,17D,19D,20D,21D,22D. The van der Waals surface area contributed by atoms with Crippen molar-refractivity contribution in [3.8, 4) is 45.5 Å². The van der Waals surface area contributed by atoms with Crippen molar-refractivity contribution < 1.29 is 21.9 Å². The molecule has 0 aliphatic carbocycles. The van der Waals surface area contributed by atoms with Crippen molar-refractivity contribution >= 4 is 75.1 Å². The van der Waals surface area contributed by atoms with Gasteiger partial charge in [-0.3, -0.25) is 9.13 Å². The van der Waals surface area contributed by atoms with Gasteiger partial charge in [-0.05, 0) is 64.6 Å². The van der Waals surface area contributed by atoms with Crippen LogP contribution in [0, 0.1) is 0 Å². The molecule has 0 unspecified atom stereocenters. The molecule has 57 heavy (non-hydrogen) atoms. The number of fused-ring (bicyclic) bond motifs is 9. The lowest BCUT2D eigenvalue weighted by Crippen LogP contribution is -2.10. The van der Waals surface area contributed by atoms with E-state index >= 15 is 0 Å². The Balaban J connectivity index is 1.14. The second-order valence-corrected chi connectivity index (χ2v) is 14.4. The van der Waals surface area contributed by atoms with Crippen LogP contribution in [-0.4, -0.2) is 24.1 Å². The SMILES string of the molecule is [2H]c1c([2H])c([2H])c2c(c1[2H])c1c([2H])c([2H])c([2H])c([2H])c1n2-c1nc(-c2cccc(-c3ccc(-c4ccc5c(c4)sc4ccccc45)cc3)c2)nc(-n2c3c([2H])c([2H])c([2H])c([2H])c3c3c([2H])c([2H])c([2H])c([2H])c32)n1. The quantitative estimate of drug-likeness (QED) is 0.175. The molecule has 0 aliphatic rings. The number of para-hydroxylation sites is 4. The van der Waals surface area contributed by atoms with E-state index in [0.29, 0.717) is 11.1 Å².